The summed E-state index contributed by atoms with van der Waals surface area (Å²) in [7, 11) is 0. The molecule has 54 heavy (non-hydrogen) atoms. The maximum absolute atomic E-state index is 11.0. The number of fused-ring (bicyclic) bond motifs is 10. The molecule has 0 N–H and O–H groups in total. The van der Waals surface area contributed by atoms with Gasteiger partial charge < -0.3 is 9.13 Å². The van der Waals surface area contributed by atoms with Crippen LogP contribution in [0.25, 0.3) is 81.5 Å². The van der Waals surface area contributed by atoms with Gasteiger partial charge in [0, 0.05) is 53.2 Å². The van der Waals surface area contributed by atoms with Crippen LogP contribution in [0.2, 0.25) is 0 Å². The van der Waals surface area contributed by atoms with Crippen molar-refractivity contribution in [3.8, 4) is 46.8 Å². The van der Waals surface area contributed by atoms with E-state index < -0.39 is 0 Å². The van der Waals surface area contributed by atoms with Crippen LogP contribution in [-0.4, -0.2) is 9.13 Å². The zero-order valence-corrected chi connectivity index (χ0v) is 29.7. The van der Waals surface area contributed by atoms with Gasteiger partial charge in [0.1, 0.15) is 18.2 Å². The first-order chi connectivity index (χ1) is 26.5. The largest absolute Gasteiger partial charge is 0.308 e. The van der Waals surface area contributed by atoms with E-state index in [9.17, 15) is 21.0 Å². The molecule has 1 unspecified atom stereocenters. The smallest absolute Gasteiger partial charge is 0.103 e. The molecule has 0 radical (unpaired) electrons. The van der Waals surface area contributed by atoms with Gasteiger partial charge in [-0.1, -0.05) is 73.7 Å². The molecule has 0 bridgehead atoms. The Morgan fingerprint density at radius 2 is 1.31 bits per heavy atom. The molecule has 6 nitrogen and oxygen atoms in total. The minimum Gasteiger partial charge on any atom is -0.308 e. The van der Waals surface area contributed by atoms with Gasteiger partial charge in [-0.25, -0.2) is 0 Å². The minimum atomic E-state index is 0.216. The van der Waals surface area contributed by atoms with E-state index in [2.05, 4.69) is 113 Å². The van der Waals surface area contributed by atoms with E-state index in [0.717, 1.165) is 60.3 Å². The lowest BCUT2D eigenvalue weighted by atomic mass is 9.91. The van der Waals surface area contributed by atoms with Crippen molar-refractivity contribution in [2.45, 2.75) is 13.3 Å². The Bertz CT molecular complexity index is 3320. The van der Waals surface area contributed by atoms with E-state index >= 15 is 0 Å². The van der Waals surface area contributed by atoms with E-state index in [4.69, 9.17) is 0 Å². The molecule has 7 heteroatoms. The Kier molecular flexibility index (Phi) is 6.85. The van der Waals surface area contributed by atoms with Crippen LogP contribution in [0.5, 0.6) is 0 Å². The van der Waals surface area contributed by atoms with Crippen molar-refractivity contribution in [2.75, 3.05) is 0 Å². The predicted octanol–water partition coefficient (Wildman–Crippen LogP) is 11.5. The Hall–Kier alpha value is -7.42. The van der Waals surface area contributed by atoms with Gasteiger partial charge in [-0.15, -0.1) is 11.3 Å². The first kappa shape index (κ1) is 31.3. The molecule has 250 valence electrons. The summed E-state index contributed by atoms with van der Waals surface area (Å²) < 4.78 is 6.59. The van der Waals surface area contributed by atoms with Crippen LogP contribution >= 0.6 is 11.3 Å². The summed E-state index contributed by atoms with van der Waals surface area (Å²) in [6.07, 6.45) is 5.18. The van der Waals surface area contributed by atoms with Gasteiger partial charge in [-0.2, -0.15) is 21.0 Å². The molecule has 1 aliphatic carbocycles. The highest BCUT2D eigenvalue weighted by Crippen LogP contribution is 2.47. The highest BCUT2D eigenvalue weighted by Gasteiger charge is 2.29. The molecular formula is C47H26N6S. The molecule has 10 rings (SSSR count). The molecule has 0 aliphatic heterocycles. The van der Waals surface area contributed by atoms with Gasteiger partial charge in [-0.3, -0.25) is 0 Å². The zero-order chi connectivity index (χ0) is 36.7. The lowest BCUT2D eigenvalue weighted by molar-refractivity contribution is 0.718. The summed E-state index contributed by atoms with van der Waals surface area (Å²) in [6.45, 7) is 2.20. The van der Waals surface area contributed by atoms with Crippen LogP contribution in [0.1, 0.15) is 40.4 Å². The Labute approximate surface area is 314 Å². The topological polar surface area (TPSA) is 105 Å². The van der Waals surface area contributed by atoms with Crippen molar-refractivity contribution < 1.29 is 0 Å². The number of para-hydroxylation sites is 2. The van der Waals surface area contributed by atoms with Gasteiger partial charge in [-0.05, 0) is 72.5 Å². The van der Waals surface area contributed by atoms with Crippen LogP contribution in [0.15, 0.2) is 115 Å². The number of aromatic nitrogens is 2. The third kappa shape index (κ3) is 4.28. The zero-order valence-electron chi connectivity index (χ0n) is 28.9. The number of hydrogen-bond acceptors (Lipinski definition) is 5. The summed E-state index contributed by atoms with van der Waals surface area (Å²) in [5.74, 6) is 0.345. The van der Waals surface area contributed by atoms with Crippen LogP contribution in [-0.2, 0) is 6.42 Å². The first-order valence-corrected chi connectivity index (χ1v) is 18.5. The Balaban J connectivity index is 1.40. The van der Waals surface area contributed by atoms with E-state index in [0.29, 0.717) is 39.5 Å². The second kappa shape index (κ2) is 11.8. The lowest BCUT2D eigenvalue weighted by Gasteiger charge is -2.22. The van der Waals surface area contributed by atoms with Crippen molar-refractivity contribution in [1.29, 1.82) is 21.0 Å². The Morgan fingerprint density at radius 1 is 0.593 bits per heavy atom. The average molecular weight is 707 g/mol. The summed E-state index contributed by atoms with van der Waals surface area (Å²) >= 11 is 1.75. The third-order valence-corrected chi connectivity index (χ3v) is 11.9. The quantitative estimate of drug-likeness (QED) is 0.182. The summed E-state index contributed by atoms with van der Waals surface area (Å²) in [5.41, 5.74) is 8.40. The van der Waals surface area contributed by atoms with Crippen LogP contribution in [0.4, 0.5) is 0 Å². The number of hydrogen-bond donors (Lipinski definition) is 0. The average Bonchev–Trinajstić information content (AvgIpc) is 3.87. The number of rotatable bonds is 3. The molecule has 0 spiro atoms. The van der Waals surface area contributed by atoms with Gasteiger partial charge in [0.2, 0.25) is 0 Å². The maximum Gasteiger partial charge on any atom is 0.103 e. The van der Waals surface area contributed by atoms with E-state index in [1.165, 1.54) is 10.3 Å². The van der Waals surface area contributed by atoms with E-state index in [1.807, 2.05) is 36.4 Å². The normalized spacial score (nSPS) is 13.6. The monoisotopic (exact) mass is 706 g/mol. The van der Waals surface area contributed by atoms with Gasteiger partial charge in [0.15, 0.2) is 0 Å². The molecule has 6 aromatic carbocycles. The molecule has 3 aromatic heterocycles. The van der Waals surface area contributed by atoms with Crippen LogP contribution in [0, 0.1) is 51.2 Å². The predicted molar refractivity (Wildman–Crippen MR) is 217 cm³/mol. The molecule has 9 aromatic rings. The van der Waals surface area contributed by atoms with Gasteiger partial charge in [0.05, 0.1) is 56.2 Å². The molecule has 1 atom stereocenters. The second-order valence-electron chi connectivity index (χ2n) is 13.8. The SMILES string of the molecule is CC1C=Cc2c(c3ccccc3n2-c2c(C#N)cc(C#N)cc2-c2ccc(C#N)c(C#N)c2-n2c3ccccc3c3c4c(ccc32)sc2ccccc24)C1. The fourth-order valence-electron chi connectivity index (χ4n) is 8.60. The van der Waals surface area contributed by atoms with Gasteiger partial charge >= 0.3 is 0 Å². The number of benzene rings is 6. The molecule has 0 saturated heterocycles. The van der Waals surface area contributed by atoms with E-state index in [-0.39, 0.29) is 11.1 Å². The fraction of sp³-hybridized carbons (Fsp3) is 0.0638. The molecule has 1 aliphatic rings. The molecule has 3 heterocycles. The van der Waals surface area contributed by atoms with Crippen molar-refractivity contribution in [1.82, 2.24) is 9.13 Å². The van der Waals surface area contributed by atoms with Crippen molar-refractivity contribution >= 4 is 70.3 Å². The number of allylic oxidation sites excluding steroid dienone is 1. The summed E-state index contributed by atoms with van der Waals surface area (Å²) in [5, 5.41) is 48.1. The summed E-state index contributed by atoms with van der Waals surface area (Å²) in [4.78, 5) is 0. The standard InChI is InChI=1S/C47H26N6S/c1-27-14-17-40-35(20-27)31-8-2-5-11-38(31)52(40)46-30(25-50)21-28(23-48)22-36(46)32-16-15-29(24-49)37(26-51)47(32)53-39-12-6-3-9-33(39)44-41(53)18-19-43-45(44)34-10-4-7-13-42(34)54-43/h2-19,21-22,27H,20H2,1H3. The molecular weight excluding hydrogens is 681 g/mol. The molecule has 0 saturated carbocycles. The van der Waals surface area contributed by atoms with Crippen LogP contribution in [0.3, 0.4) is 0 Å². The maximum atomic E-state index is 11.0. The number of nitrogens with zero attached hydrogens (tertiary/aromatic N) is 6. The van der Waals surface area contributed by atoms with Crippen molar-refractivity contribution in [2.24, 2.45) is 5.92 Å². The van der Waals surface area contributed by atoms with Crippen molar-refractivity contribution in [3.63, 3.8) is 0 Å². The van der Waals surface area contributed by atoms with Crippen molar-refractivity contribution in [3.05, 3.63) is 149 Å². The first-order valence-electron chi connectivity index (χ1n) is 17.6. The van der Waals surface area contributed by atoms with Crippen LogP contribution < -0.4 is 0 Å². The fourth-order valence-corrected chi connectivity index (χ4v) is 9.71. The lowest BCUT2D eigenvalue weighted by Crippen LogP contribution is -2.09. The number of nitriles is 4. The third-order valence-electron chi connectivity index (χ3n) is 10.8. The summed E-state index contributed by atoms with van der Waals surface area (Å²) in [6, 6.07) is 45.5. The Morgan fingerprint density at radius 3 is 2.07 bits per heavy atom. The van der Waals surface area contributed by atoms with Gasteiger partial charge in [0.25, 0.3) is 0 Å². The number of thiophene rings is 1. The second-order valence-corrected chi connectivity index (χ2v) is 14.9. The highest BCUT2D eigenvalue weighted by molar-refractivity contribution is 7.26. The molecule has 0 fully saturated rings. The highest BCUT2D eigenvalue weighted by atomic mass is 32.1. The minimum absolute atomic E-state index is 0.216. The molecule has 0 amide bonds. The van der Waals surface area contributed by atoms with E-state index in [1.54, 1.807) is 23.5 Å².